The van der Waals surface area contributed by atoms with Crippen LogP contribution in [0.3, 0.4) is 0 Å². The molecular weight excluding hydrogens is 336 g/mol. The Balaban J connectivity index is 1.48. The highest BCUT2D eigenvalue weighted by molar-refractivity contribution is 5.79. The van der Waals surface area contributed by atoms with Crippen LogP contribution >= 0.6 is 0 Å². The van der Waals surface area contributed by atoms with Crippen molar-refractivity contribution >= 4 is 5.91 Å². The number of rotatable bonds is 8. The summed E-state index contributed by atoms with van der Waals surface area (Å²) in [4.78, 5) is 17.5. The summed E-state index contributed by atoms with van der Waals surface area (Å²) in [7, 11) is 1.72. The van der Waals surface area contributed by atoms with E-state index in [4.69, 9.17) is 4.74 Å². The number of benzene rings is 1. The van der Waals surface area contributed by atoms with Crippen LogP contribution < -0.4 is 4.74 Å². The zero-order valence-electron chi connectivity index (χ0n) is 17.2. The molecule has 2 fully saturated rings. The zero-order chi connectivity index (χ0) is 19.1. The first kappa shape index (κ1) is 20.2. The maximum Gasteiger partial charge on any atom is 0.225 e. The second-order valence-electron chi connectivity index (χ2n) is 8.27. The van der Waals surface area contributed by atoms with E-state index in [9.17, 15) is 4.79 Å². The lowest BCUT2D eigenvalue weighted by molar-refractivity contribution is -0.136. The van der Waals surface area contributed by atoms with Crippen LogP contribution in [0.4, 0.5) is 0 Å². The Labute approximate surface area is 164 Å². The highest BCUT2D eigenvalue weighted by Gasteiger charge is 2.29. The lowest BCUT2D eigenvalue weighted by Crippen LogP contribution is -2.44. The third-order valence-corrected chi connectivity index (χ3v) is 6.33. The Morgan fingerprint density at radius 3 is 2.78 bits per heavy atom. The van der Waals surface area contributed by atoms with Gasteiger partial charge in [0.25, 0.3) is 0 Å². The molecule has 1 unspecified atom stereocenters. The van der Waals surface area contributed by atoms with Gasteiger partial charge in [0.05, 0.1) is 7.11 Å². The van der Waals surface area contributed by atoms with Crippen LogP contribution in [-0.4, -0.2) is 55.5 Å². The van der Waals surface area contributed by atoms with Crippen LogP contribution in [0.2, 0.25) is 0 Å². The van der Waals surface area contributed by atoms with Gasteiger partial charge in [-0.3, -0.25) is 4.79 Å². The fourth-order valence-electron chi connectivity index (χ4n) is 4.74. The molecule has 1 heterocycles. The Morgan fingerprint density at radius 1 is 1.22 bits per heavy atom. The van der Waals surface area contributed by atoms with Crippen LogP contribution in [0.5, 0.6) is 5.75 Å². The maximum absolute atomic E-state index is 12.8. The van der Waals surface area contributed by atoms with Crippen LogP contribution in [0.15, 0.2) is 24.3 Å². The van der Waals surface area contributed by atoms with Gasteiger partial charge in [-0.2, -0.15) is 0 Å². The largest absolute Gasteiger partial charge is 0.497 e. The van der Waals surface area contributed by atoms with Crippen LogP contribution in [-0.2, 0) is 11.2 Å². The Kier molecular flexibility index (Phi) is 7.57. The van der Waals surface area contributed by atoms with Crippen molar-refractivity contribution in [2.24, 2.45) is 11.8 Å². The number of ether oxygens (including phenoxy) is 1. The molecule has 0 bridgehead atoms. The van der Waals surface area contributed by atoms with Crippen molar-refractivity contribution in [2.45, 2.75) is 51.9 Å². The first-order valence-corrected chi connectivity index (χ1v) is 10.8. The molecule has 3 rings (SSSR count). The van der Waals surface area contributed by atoms with Crippen molar-refractivity contribution in [2.75, 3.05) is 39.8 Å². The third kappa shape index (κ3) is 5.71. The number of hydrogen-bond donors (Lipinski definition) is 0. The number of methoxy groups -OCH3 is 1. The van der Waals surface area contributed by atoms with Crippen LogP contribution in [0, 0.1) is 11.8 Å². The average Bonchev–Trinajstić information content (AvgIpc) is 3.25. The molecule has 1 aliphatic heterocycles. The number of carbonyl (C=O) groups is 1. The molecule has 1 saturated carbocycles. The summed E-state index contributed by atoms with van der Waals surface area (Å²) >= 11 is 0. The smallest absolute Gasteiger partial charge is 0.225 e. The van der Waals surface area contributed by atoms with E-state index in [0.717, 1.165) is 51.2 Å². The monoisotopic (exact) mass is 372 g/mol. The van der Waals surface area contributed by atoms with Crippen molar-refractivity contribution in [1.82, 2.24) is 9.80 Å². The van der Waals surface area contributed by atoms with Crippen molar-refractivity contribution < 1.29 is 9.53 Å². The second-order valence-corrected chi connectivity index (χ2v) is 8.27. The lowest BCUT2D eigenvalue weighted by atomic mass is 9.96. The van der Waals surface area contributed by atoms with Gasteiger partial charge in [0.15, 0.2) is 0 Å². The minimum Gasteiger partial charge on any atom is -0.497 e. The fraction of sp³-hybridized carbons (Fsp3) is 0.696. The van der Waals surface area contributed by atoms with Gasteiger partial charge in [0.1, 0.15) is 5.75 Å². The number of hydrogen-bond acceptors (Lipinski definition) is 3. The van der Waals surface area contributed by atoms with Gasteiger partial charge in [0, 0.05) is 32.1 Å². The molecule has 1 aromatic rings. The normalized spacial score (nSPS) is 21.3. The predicted octanol–water partition coefficient (Wildman–Crippen LogP) is 3.99. The molecule has 0 aromatic heterocycles. The van der Waals surface area contributed by atoms with E-state index in [-0.39, 0.29) is 0 Å². The standard InChI is InChI=1S/C23H36N2O2/c1-3-25(23(26)21-10-4-5-11-21)18-20-9-7-14-24(17-20)15-13-19-8-6-12-22(16-19)27-2/h6,8,12,16,20-21H,3-5,7,9-11,13-15,17-18H2,1-2H3. The summed E-state index contributed by atoms with van der Waals surface area (Å²) in [6.07, 6.45) is 8.23. The molecule has 0 N–H and O–H groups in total. The number of nitrogens with zero attached hydrogens (tertiary/aromatic N) is 2. The molecule has 1 atom stereocenters. The molecule has 2 aliphatic rings. The van der Waals surface area contributed by atoms with Crippen LogP contribution in [0.25, 0.3) is 0 Å². The van der Waals surface area contributed by atoms with E-state index in [2.05, 4.69) is 34.9 Å². The molecule has 1 aliphatic carbocycles. The van der Waals surface area contributed by atoms with Gasteiger partial charge in [-0.05, 0) is 69.2 Å². The molecule has 27 heavy (non-hydrogen) atoms. The Hall–Kier alpha value is -1.55. The van der Waals surface area contributed by atoms with Gasteiger partial charge in [-0.1, -0.05) is 25.0 Å². The molecule has 0 radical (unpaired) electrons. The first-order valence-electron chi connectivity index (χ1n) is 10.8. The molecule has 0 spiro atoms. The molecule has 1 aromatic carbocycles. The summed E-state index contributed by atoms with van der Waals surface area (Å²) in [5, 5.41) is 0. The van der Waals surface area contributed by atoms with Gasteiger partial charge < -0.3 is 14.5 Å². The third-order valence-electron chi connectivity index (χ3n) is 6.33. The Morgan fingerprint density at radius 2 is 2.04 bits per heavy atom. The molecule has 150 valence electrons. The molecule has 4 heteroatoms. The van der Waals surface area contributed by atoms with Gasteiger partial charge in [-0.15, -0.1) is 0 Å². The molecule has 1 saturated heterocycles. The van der Waals surface area contributed by atoms with E-state index in [0.29, 0.717) is 17.7 Å². The Bertz CT molecular complexity index is 598. The molecular formula is C23H36N2O2. The predicted molar refractivity (Wildman–Crippen MR) is 110 cm³/mol. The van der Waals surface area contributed by atoms with Gasteiger partial charge in [0.2, 0.25) is 5.91 Å². The van der Waals surface area contributed by atoms with Gasteiger partial charge >= 0.3 is 0 Å². The van der Waals surface area contributed by atoms with Crippen molar-refractivity contribution in [3.8, 4) is 5.75 Å². The SMILES string of the molecule is CCN(CC1CCCN(CCc2cccc(OC)c2)C1)C(=O)C1CCCC1. The van der Waals surface area contributed by atoms with Crippen molar-refractivity contribution in [3.63, 3.8) is 0 Å². The quantitative estimate of drug-likeness (QED) is 0.692. The van der Waals surface area contributed by atoms with Crippen molar-refractivity contribution in [1.29, 1.82) is 0 Å². The summed E-state index contributed by atoms with van der Waals surface area (Å²) < 4.78 is 5.33. The molecule has 1 amide bonds. The second kappa shape index (κ2) is 10.1. The summed E-state index contributed by atoms with van der Waals surface area (Å²) in [5.41, 5.74) is 1.34. The minimum atomic E-state index is 0.303. The highest BCUT2D eigenvalue weighted by atomic mass is 16.5. The number of carbonyl (C=O) groups excluding carboxylic acids is 1. The van der Waals surface area contributed by atoms with Crippen LogP contribution in [0.1, 0.15) is 51.0 Å². The zero-order valence-corrected chi connectivity index (χ0v) is 17.2. The topological polar surface area (TPSA) is 32.8 Å². The lowest BCUT2D eigenvalue weighted by Gasteiger charge is -2.36. The van der Waals surface area contributed by atoms with E-state index in [1.807, 2.05) is 6.07 Å². The van der Waals surface area contributed by atoms with E-state index < -0.39 is 0 Å². The number of likely N-dealkylation sites (tertiary alicyclic amines) is 1. The summed E-state index contributed by atoms with van der Waals surface area (Å²) in [6, 6.07) is 8.39. The minimum absolute atomic E-state index is 0.303. The fourth-order valence-corrected chi connectivity index (χ4v) is 4.74. The first-order chi connectivity index (χ1) is 13.2. The molecule has 4 nitrogen and oxygen atoms in total. The average molecular weight is 373 g/mol. The maximum atomic E-state index is 12.8. The number of amides is 1. The summed E-state index contributed by atoms with van der Waals surface area (Å²) in [6.45, 7) is 7.33. The van der Waals surface area contributed by atoms with E-state index >= 15 is 0 Å². The van der Waals surface area contributed by atoms with Gasteiger partial charge in [-0.25, -0.2) is 0 Å². The number of piperidine rings is 1. The van der Waals surface area contributed by atoms with E-state index in [1.54, 1.807) is 7.11 Å². The van der Waals surface area contributed by atoms with E-state index in [1.165, 1.54) is 37.8 Å². The summed E-state index contributed by atoms with van der Waals surface area (Å²) in [5.74, 6) is 2.28. The highest BCUT2D eigenvalue weighted by Crippen LogP contribution is 2.27. The van der Waals surface area contributed by atoms with Crippen molar-refractivity contribution in [3.05, 3.63) is 29.8 Å².